The Labute approximate surface area is 77.7 Å². The number of hydrogen-bond donors (Lipinski definition) is 0. The number of esters is 1. The Bertz CT molecular complexity index is 294. The Hall–Kier alpha value is -1.19. The van der Waals surface area contributed by atoms with Gasteiger partial charge in [-0.15, -0.1) is 5.11 Å². The predicted octanol–water partition coefficient (Wildman–Crippen LogP) is 2.42. The monoisotopic (exact) mass is 182 g/mol. The molecular weight excluding hydrogens is 168 g/mol. The summed E-state index contributed by atoms with van der Waals surface area (Å²) in [6, 6.07) is 0. The molecule has 0 spiro atoms. The molecule has 1 heterocycles. The summed E-state index contributed by atoms with van der Waals surface area (Å²) in [5, 5.41) is 7.87. The number of azo groups is 1. The smallest absolute Gasteiger partial charge is 0.305 e. The van der Waals surface area contributed by atoms with E-state index in [9.17, 15) is 4.79 Å². The molecule has 1 atom stereocenters. The van der Waals surface area contributed by atoms with Gasteiger partial charge in [0.1, 0.15) is 0 Å². The highest BCUT2D eigenvalue weighted by molar-refractivity contribution is 5.67. The van der Waals surface area contributed by atoms with E-state index < -0.39 is 5.72 Å². The summed E-state index contributed by atoms with van der Waals surface area (Å²) in [6.45, 7) is 7.00. The lowest BCUT2D eigenvalue weighted by Crippen LogP contribution is -2.29. The summed E-state index contributed by atoms with van der Waals surface area (Å²) in [4.78, 5) is 10.8. The second-order valence-electron chi connectivity index (χ2n) is 3.19. The van der Waals surface area contributed by atoms with E-state index in [4.69, 9.17) is 4.74 Å². The fraction of sp³-hybridized carbons (Fsp3) is 0.667. The number of hydrogen-bond acceptors (Lipinski definition) is 4. The van der Waals surface area contributed by atoms with Gasteiger partial charge in [-0.05, 0) is 13.3 Å². The van der Waals surface area contributed by atoms with Gasteiger partial charge in [-0.25, -0.2) is 0 Å². The quantitative estimate of drug-likeness (QED) is 0.616. The molecule has 0 aromatic carbocycles. The lowest BCUT2D eigenvalue weighted by Gasteiger charge is -2.22. The Kier molecular flexibility index (Phi) is 2.50. The Balaban J connectivity index is 2.93. The highest BCUT2D eigenvalue weighted by Crippen LogP contribution is 2.34. The minimum absolute atomic E-state index is 0.331. The number of carbonyl (C=O) groups excluding carboxylic acids is 1. The zero-order valence-electron chi connectivity index (χ0n) is 8.42. The molecule has 1 aliphatic heterocycles. The van der Waals surface area contributed by atoms with E-state index in [-0.39, 0.29) is 5.97 Å². The first kappa shape index (κ1) is 9.89. The van der Waals surface area contributed by atoms with Crippen LogP contribution in [0, 0.1) is 0 Å². The highest BCUT2D eigenvalue weighted by atomic mass is 16.6. The molecular formula is C9H14N2O2. The van der Waals surface area contributed by atoms with E-state index in [1.165, 1.54) is 6.92 Å². The maximum absolute atomic E-state index is 10.8. The van der Waals surface area contributed by atoms with Gasteiger partial charge in [0.15, 0.2) is 0 Å². The average Bonchev–Trinajstić information content (AvgIpc) is 2.25. The first-order valence-electron chi connectivity index (χ1n) is 4.32. The van der Waals surface area contributed by atoms with Crippen LogP contribution in [-0.2, 0) is 9.53 Å². The van der Waals surface area contributed by atoms with Gasteiger partial charge in [0.2, 0.25) is 5.72 Å². The van der Waals surface area contributed by atoms with E-state index in [1.54, 1.807) is 6.92 Å². The van der Waals surface area contributed by atoms with Crippen molar-refractivity contribution in [2.45, 2.75) is 39.8 Å². The molecule has 1 unspecified atom stereocenters. The number of ether oxygens (including phenoxy) is 1. The Morgan fingerprint density at radius 3 is 2.69 bits per heavy atom. The van der Waals surface area contributed by atoms with Crippen LogP contribution < -0.4 is 0 Å². The molecule has 0 saturated carbocycles. The molecule has 1 rings (SSSR count). The fourth-order valence-electron chi connectivity index (χ4n) is 1.57. The molecule has 0 fully saturated rings. The molecule has 72 valence electrons. The van der Waals surface area contributed by atoms with Gasteiger partial charge in [0, 0.05) is 19.4 Å². The van der Waals surface area contributed by atoms with E-state index in [0.717, 1.165) is 17.7 Å². The Morgan fingerprint density at radius 2 is 2.23 bits per heavy atom. The predicted molar refractivity (Wildman–Crippen MR) is 48.0 cm³/mol. The van der Waals surface area contributed by atoms with Crippen molar-refractivity contribution in [3.05, 3.63) is 11.3 Å². The summed E-state index contributed by atoms with van der Waals surface area (Å²) < 4.78 is 5.12. The number of rotatable bonds is 2. The van der Waals surface area contributed by atoms with Gasteiger partial charge < -0.3 is 4.74 Å². The molecule has 0 bridgehead atoms. The van der Waals surface area contributed by atoms with E-state index in [0.29, 0.717) is 0 Å². The van der Waals surface area contributed by atoms with Crippen LogP contribution in [0.5, 0.6) is 0 Å². The number of carbonyl (C=O) groups is 1. The van der Waals surface area contributed by atoms with Gasteiger partial charge in [-0.3, -0.25) is 4.79 Å². The van der Waals surface area contributed by atoms with Crippen LogP contribution in [0.15, 0.2) is 21.5 Å². The SMILES string of the molecule is CCC1=C(C)N=NC1(C)OC(C)=O. The van der Waals surface area contributed by atoms with Crippen LogP contribution in [0.3, 0.4) is 0 Å². The molecule has 0 N–H and O–H groups in total. The van der Waals surface area contributed by atoms with Crippen LogP contribution in [0.1, 0.15) is 34.1 Å². The molecule has 0 aromatic rings. The second-order valence-corrected chi connectivity index (χ2v) is 3.19. The topological polar surface area (TPSA) is 51.0 Å². The fourth-order valence-corrected chi connectivity index (χ4v) is 1.57. The van der Waals surface area contributed by atoms with Crippen molar-refractivity contribution in [1.82, 2.24) is 0 Å². The number of allylic oxidation sites excluding steroid dienone is 1. The zero-order valence-corrected chi connectivity index (χ0v) is 8.42. The standard InChI is InChI=1S/C9H14N2O2/c1-5-8-6(2)10-11-9(8,4)13-7(3)12/h5H2,1-4H3. The van der Waals surface area contributed by atoms with Crippen LogP contribution >= 0.6 is 0 Å². The van der Waals surface area contributed by atoms with Crippen LogP contribution in [0.25, 0.3) is 0 Å². The zero-order chi connectivity index (χ0) is 10.1. The normalized spacial score (nSPS) is 26.8. The highest BCUT2D eigenvalue weighted by Gasteiger charge is 2.36. The molecule has 0 aromatic heterocycles. The van der Waals surface area contributed by atoms with Gasteiger partial charge >= 0.3 is 5.97 Å². The lowest BCUT2D eigenvalue weighted by molar-refractivity contribution is -0.151. The van der Waals surface area contributed by atoms with Crippen molar-refractivity contribution in [2.75, 3.05) is 0 Å². The maximum Gasteiger partial charge on any atom is 0.305 e. The molecule has 0 saturated heterocycles. The van der Waals surface area contributed by atoms with Gasteiger partial charge in [0.25, 0.3) is 0 Å². The van der Waals surface area contributed by atoms with Crippen LogP contribution in [0.4, 0.5) is 0 Å². The van der Waals surface area contributed by atoms with Crippen LogP contribution in [-0.4, -0.2) is 11.7 Å². The molecule has 4 nitrogen and oxygen atoms in total. The van der Waals surface area contributed by atoms with Crippen molar-refractivity contribution in [1.29, 1.82) is 0 Å². The molecule has 1 aliphatic rings. The van der Waals surface area contributed by atoms with Gasteiger partial charge in [0.05, 0.1) is 5.70 Å². The van der Waals surface area contributed by atoms with Crippen molar-refractivity contribution in [3.63, 3.8) is 0 Å². The summed E-state index contributed by atoms with van der Waals surface area (Å²) in [5.74, 6) is -0.331. The van der Waals surface area contributed by atoms with Crippen molar-refractivity contribution >= 4 is 5.97 Å². The Morgan fingerprint density at radius 1 is 1.62 bits per heavy atom. The van der Waals surface area contributed by atoms with Gasteiger partial charge in [-0.1, -0.05) is 6.92 Å². The largest absolute Gasteiger partial charge is 0.432 e. The molecule has 13 heavy (non-hydrogen) atoms. The lowest BCUT2D eigenvalue weighted by atomic mass is 10.0. The third-order valence-corrected chi connectivity index (χ3v) is 2.08. The molecule has 0 amide bonds. The first-order valence-corrected chi connectivity index (χ1v) is 4.32. The maximum atomic E-state index is 10.8. The average molecular weight is 182 g/mol. The van der Waals surface area contributed by atoms with Crippen molar-refractivity contribution in [3.8, 4) is 0 Å². The number of nitrogens with zero attached hydrogens (tertiary/aromatic N) is 2. The van der Waals surface area contributed by atoms with E-state index >= 15 is 0 Å². The third-order valence-electron chi connectivity index (χ3n) is 2.08. The van der Waals surface area contributed by atoms with Crippen molar-refractivity contribution < 1.29 is 9.53 Å². The molecule has 0 radical (unpaired) electrons. The summed E-state index contributed by atoms with van der Waals surface area (Å²) in [6.07, 6.45) is 0.794. The van der Waals surface area contributed by atoms with Crippen molar-refractivity contribution in [2.24, 2.45) is 10.2 Å². The van der Waals surface area contributed by atoms with Crippen LogP contribution in [0.2, 0.25) is 0 Å². The minimum Gasteiger partial charge on any atom is -0.432 e. The first-order chi connectivity index (χ1) is 5.99. The minimum atomic E-state index is -0.856. The van der Waals surface area contributed by atoms with E-state index in [2.05, 4.69) is 10.2 Å². The summed E-state index contributed by atoms with van der Waals surface area (Å²) in [7, 11) is 0. The molecule has 4 heteroatoms. The molecule has 0 aliphatic carbocycles. The van der Waals surface area contributed by atoms with E-state index in [1.807, 2.05) is 13.8 Å². The summed E-state index contributed by atoms with van der Waals surface area (Å²) in [5.41, 5.74) is 0.971. The summed E-state index contributed by atoms with van der Waals surface area (Å²) >= 11 is 0. The second kappa shape index (κ2) is 3.28. The van der Waals surface area contributed by atoms with Gasteiger partial charge in [-0.2, -0.15) is 5.11 Å². The third kappa shape index (κ3) is 1.76.